The number of ether oxygens (including phenoxy) is 1. The number of sulfonamides is 1. The summed E-state index contributed by atoms with van der Waals surface area (Å²) < 4.78 is 32.7. The van der Waals surface area contributed by atoms with Crippen molar-refractivity contribution >= 4 is 21.6 Å². The molecule has 1 fully saturated rings. The van der Waals surface area contributed by atoms with Crippen LogP contribution in [0.4, 0.5) is 5.69 Å². The third kappa shape index (κ3) is 5.64. The van der Waals surface area contributed by atoms with Crippen molar-refractivity contribution in [3.63, 3.8) is 0 Å². The molecule has 2 aromatic carbocycles. The number of benzene rings is 2. The Labute approximate surface area is 185 Å². The van der Waals surface area contributed by atoms with Gasteiger partial charge in [-0.3, -0.25) is 9.69 Å². The maximum Gasteiger partial charge on any atom is 0.243 e. The van der Waals surface area contributed by atoms with E-state index in [4.69, 9.17) is 4.74 Å². The Morgan fingerprint density at radius 3 is 2.32 bits per heavy atom. The number of hydrogen-bond acceptors (Lipinski definition) is 5. The maximum absolute atomic E-state index is 12.9. The molecule has 31 heavy (non-hydrogen) atoms. The van der Waals surface area contributed by atoms with Gasteiger partial charge in [0.15, 0.2) is 0 Å². The van der Waals surface area contributed by atoms with Gasteiger partial charge in [0.2, 0.25) is 15.9 Å². The van der Waals surface area contributed by atoms with Crippen molar-refractivity contribution < 1.29 is 17.9 Å². The van der Waals surface area contributed by atoms with Crippen LogP contribution >= 0.6 is 0 Å². The Balaban J connectivity index is 1.56. The van der Waals surface area contributed by atoms with E-state index in [9.17, 15) is 13.2 Å². The zero-order valence-corrected chi connectivity index (χ0v) is 19.2. The zero-order valence-electron chi connectivity index (χ0n) is 18.4. The van der Waals surface area contributed by atoms with Gasteiger partial charge in [0.25, 0.3) is 0 Å². The molecule has 0 bridgehead atoms. The molecule has 168 valence electrons. The van der Waals surface area contributed by atoms with E-state index in [1.165, 1.54) is 4.31 Å². The Hall–Kier alpha value is -2.42. The van der Waals surface area contributed by atoms with E-state index in [2.05, 4.69) is 12.2 Å². The van der Waals surface area contributed by atoms with Crippen LogP contribution in [0.1, 0.15) is 25.0 Å². The molecule has 1 saturated heterocycles. The third-order valence-corrected chi connectivity index (χ3v) is 7.39. The predicted octanol–water partition coefficient (Wildman–Crippen LogP) is 2.90. The molecule has 1 aliphatic rings. The van der Waals surface area contributed by atoms with Gasteiger partial charge in [0.05, 0.1) is 18.0 Å². The van der Waals surface area contributed by atoms with Crippen molar-refractivity contribution in [3.05, 3.63) is 53.6 Å². The number of aryl methyl sites for hydroxylation is 2. The van der Waals surface area contributed by atoms with Crippen LogP contribution in [0.3, 0.4) is 0 Å². The number of piperazine rings is 1. The molecular weight excluding hydrogens is 414 g/mol. The van der Waals surface area contributed by atoms with E-state index >= 15 is 0 Å². The summed E-state index contributed by atoms with van der Waals surface area (Å²) in [6.45, 7) is 8.44. The van der Waals surface area contributed by atoms with E-state index in [0.717, 1.165) is 23.2 Å². The first-order valence-electron chi connectivity index (χ1n) is 10.7. The highest BCUT2D eigenvalue weighted by Crippen LogP contribution is 2.22. The predicted molar refractivity (Wildman–Crippen MR) is 122 cm³/mol. The summed E-state index contributed by atoms with van der Waals surface area (Å²) in [6.07, 6.45) is 0.847. The summed E-state index contributed by atoms with van der Waals surface area (Å²) in [7, 11) is -3.56. The van der Waals surface area contributed by atoms with E-state index in [0.29, 0.717) is 38.5 Å². The molecule has 1 aliphatic heterocycles. The van der Waals surface area contributed by atoms with Crippen molar-refractivity contribution in [2.45, 2.75) is 32.1 Å². The minimum absolute atomic E-state index is 0.0770. The van der Waals surface area contributed by atoms with Gasteiger partial charge in [-0.2, -0.15) is 4.31 Å². The normalized spacial score (nSPS) is 15.6. The molecule has 7 nitrogen and oxygen atoms in total. The first-order chi connectivity index (χ1) is 14.8. The summed E-state index contributed by atoms with van der Waals surface area (Å²) in [5.41, 5.74) is 3.03. The molecule has 0 atom stereocenters. The van der Waals surface area contributed by atoms with Gasteiger partial charge in [-0.15, -0.1) is 0 Å². The first-order valence-corrected chi connectivity index (χ1v) is 12.1. The van der Waals surface area contributed by atoms with Crippen LogP contribution in [-0.2, 0) is 21.2 Å². The van der Waals surface area contributed by atoms with Gasteiger partial charge in [-0.1, -0.05) is 25.1 Å². The fourth-order valence-electron chi connectivity index (χ4n) is 3.74. The molecule has 0 spiro atoms. The molecule has 0 aliphatic carbocycles. The summed E-state index contributed by atoms with van der Waals surface area (Å²) >= 11 is 0. The molecule has 2 aromatic rings. The summed E-state index contributed by atoms with van der Waals surface area (Å²) in [4.78, 5) is 14.8. The number of anilines is 1. The zero-order chi connectivity index (χ0) is 22.4. The lowest BCUT2D eigenvalue weighted by Gasteiger charge is -2.33. The van der Waals surface area contributed by atoms with Crippen molar-refractivity contribution in [2.24, 2.45) is 0 Å². The summed E-state index contributed by atoms with van der Waals surface area (Å²) in [5.74, 6) is 0.573. The van der Waals surface area contributed by atoms with Gasteiger partial charge in [-0.25, -0.2) is 8.42 Å². The monoisotopic (exact) mass is 445 g/mol. The second kappa shape index (κ2) is 10.3. The van der Waals surface area contributed by atoms with Crippen LogP contribution < -0.4 is 10.1 Å². The average Bonchev–Trinajstić information content (AvgIpc) is 2.76. The number of carbonyl (C=O) groups is 1. The SMILES string of the molecule is CCOc1ccc(S(=O)(=O)N2CCN(CC(=O)Nc3c(C)cccc3CC)CC2)cc1. The van der Waals surface area contributed by atoms with Crippen LogP contribution in [0.25, 0.3) is 0 Å². The molecule has 0 saturated carbocycles. The molecule has 1 N–H and O–H groups in total. The number of para-hydroxylation sites is 1. The Bertz CT molecular complexity index is 998. The summed E-state index contributed by atoms with van der Waals surface area (Å²) in [6, 6.07) is 12.5. The van der Waals surface area contributed by atoms with Gasteiger partial charge in [0.1, 0.15) is 5.75 Å². The molecule has 1 amide bonds. The van der Waals surface area contributed by atoms with Gasteiger partial charge in [-0.05, 0) is 55.7 Å². The highest BCUT2D eigenvalue weighted by Gasteiger charge is 2.29. The number of carbonyl (C=O) groups excluding carboxylic acids is 1. The number of nitrogens with one attached hydrogen (secondary N) is 1. The smallest absolute Gasteiger partial charge is 0.243 e. The van der Waals surface area contributed by atoms with E-state index < -0.39 is 10.0 Å². The highest BCUT2D eigenvalue weighted by molar-refractivity contribution is 7.89. The number of rotatable bonds is 8. The average molecular weight is 446 g/mol. The van der Waals surface area contributed by atoms with E-state index in [-0.39, 0.29) is 17.3 Å². The Kier molecular flexibility index (Phi) is 7.69. The molecule has 1 heterocycles. The number of amides is 1. The van der Waals surface area contributed by atoms with Gasteiger partial charge in [0, 0.05) is 31.9 Å². The minimum atomic E-state index is -3.56. The second-order valence-electron chi connectivity index (χ2n) is 7.60. The summed E-state index contributed by atoms with van der Waals surface area (Å²) in [5, 5.41) is 3.04. The molecule has 0 radical (unpaired) electrons. The van der Waals surface area contributed by atoms with Gasteiger partial charge >= 0.3 is 0 Å². The van der Waals surface area contributed by atoms with Crippen molar-refractivity contribution in [2.75, 3.05) is 44.6 Å². The molecule has 3 rings (SSSR count). The van der Waals surface area contributed by atoms with Crippen LogP contribution in [0.15, 0.2) is 47.4 Å². The fraction of sp³-hybridized carbons (Fsp3) is 0.435. The standard InChI is InChI=1S/C23H31N3O4S/c1-4-19-8-6-7-18(3)23(19)24-22(27)17-25-13-15-26(16-14-25)31(28,29)21-11-9-20(10-12-21)30-5-2/h6-12H,4-5,13-17H2,1-3H3,(H,24,27). The van der Waals surface area contributed by atoms with E-state index in [1.807, 2.05) is 36.9 Å². The molecular formula is C23H31N3O4S. The lowest BCUT2D eigenvalue weighted by molar-refractivity contribution is -0.117. The van der Waals surface area contributed by atoms with Gasteiger partial charge < -0.3 is 10.1 Å². The second-order valence-corrected chi connectivity index (χ2v) is 9.53. The molecule has 8 heteroatoms. The van der Waals surface area contributed by atoms with Crippen LogP contribution in [0.2, 0.25) is 0 Å². The topological polar surface area (TPSA) is 79.0 Å². The lowest BCUT2D eigenvalue weighted by Crippen LogP contribution is -2.50. The minimum Gasteiger partial charge on any atom is -0.494 e. The van der Waals surface area contributed by atoms with Crippen LogP contribution in [0.5, 0.6) is 5.75 Å². The van der Waals surface area contributed by atoms with Crippen molar-refractivity contribution in [1.29, 1.82) is 0 Å². The Morgan fingerprint density at radius 2 is 1.71 bits per heavy atom. The third-order valence-electron chi connectivity index (χ3n) is 5.48. The van der Waals surface area contributed by atoms with Crippen molar-refractivity contribution in [1.82, 2.24) is 9.21 Å². The fourth-order valence-corrected chi connectivity index (χ4v) is 5.16. The highest BCUT2D eigenvalue weighted by atomic mass is 32.2. The van der Waals surface area contributed by atoms with Crippen molar-refractivity contribution in [3.8, 4) is 5.75 Å². The van der Waals surface area contributed by atoms with Crippen LogP contribution in [0, 0.1) is 6.92 Å². The van der Waals surface area contributed by atoms with E-state index in [1.54, 1.807) is 24.3 Å². The number of nitrogens with zero attached hydrogens (tertiary/aromatic N) is 2. The maximum atomic E-state index is 12.9. The Morgan fingerprint density at radius 1 is 1.03 bits per heavy atom. The van der Waals surface area contributed by atoms with Crippen LogP contribution in [-0.4, -0.2) is 62.9 Å². The largest absolute Gasteiger partial charge is 0.494 e. The molecule has 0 unspecified atom stereocenters. The first kappa shape index (κ1) is 23.2. The lowest BCUT2D eigenvalue weighted by atomic mass is 10.1. The molecule has 0 aromatic heterocycles. The quantitative estimate of drug-likeness (QED) is 0.676. The number of hydrogen-bond donors (Lipinski definition) is 1.